The van der Waals surface area contributed by atoms with Crippen molar-refractivity contribution in [2.45, 2.75) is 78.0 Å². The number of nitriles is 1. The van der Waals surface area contributed by atoms with E-state index in [2.05, 4.69) is 16.7 Å². The first kappa shape index (κ1) is 27.2. The second-order valence-corrected chi connectivity index (χ2v) is 11.5. The Labute approximate surface area is 202 Å². The van der Waals surface area contributed by atoms with E-state index in [0.29, 0.717) is 13.0 Å². The molecule has 1 unspecified atom stereocenters. The van der Waals surface area contributed by atoms with E-state index in [4.69, 9.17) is 0 Å². The minimum absolute atomic E-state index is 0.0213. The molecule has 0 aromatic carbocycles. The van der Waals surface area contributed by atoms with Crippen molar-refractivity contribution in [3.63, 3.8) is 0 Å². The number of alkyl halides is 3. The molecule has 2 aliphatic heterocycles. The Morgan fingerprint density at radius 2 is 1.94 bits per heavy atom. The molecule has 196 valence electrons. The van der Waals surface area contributed by atoms with E-state index in [1.54, 1.807) is 20.8 Å². The summed E-state index contributed by atoms with van der Waals surface area (Å²) in [6.45, 7) is 9.36. The van der Waals surface area contributed by atoms with Crippen LogP contribution in [0.5, 0.6) is 0 Å². The van der Waals surface area contributed by atoms with Gasteiger partial charge in [0.25, 0.3) is 0 Å². The molecule has 0 bridgehead atoms. The summed E-state index contributed by atoms with van der Waals surface area (Å²) in [6, 6.07) is -1.08. The number of piperidine rings is 1. The standard InChI is InChI=1S/C23H34F3N5O4/c1-21(2,3)16(30-20(35)23(24,25)26)19(34)31-10-13-14(22(13,4)5)15(31)18(33)29-12(9-27)8-11-6-7-28-17(11)32/h11-16,18,29,33H,6-8,10H2,1-5H3,(H,28,32)(H,30,35)/t11-,12-,13-,14-,15-,16+,18?/m0/s1. The quantitative estimate of drug-likeness (QED) is 0.383. The van der Waals surface area contributed by atoms with Crippen LogP contribution in [0.4, 0.5) is 13.2 Å². The number of fused-ring (bicyclic) bond motifs is 1. The van der Waals surface area contributed by atoms with Crippen LogP contribution in [-0.2, 0) is 14.4 Å². The Kier molecular flexibility index (Phi) is 7.18. The van der Waals surface area contributed by atoms with Crippen LogP contribution in [0.15, 0.2) is 0 Å². The lowest BCUT2D eigenvalue weighted by molar-refractivity contribution is -0.176. The Morgan fingerprint density at radius 3 is 2.43 bits per heavy atom. The molecule has 9 nitrogen and oxygen atoms in total. The van der Waals surface area contributed by atoms with Gasteiger partial charge in [-0.15, -0.1) is 0 Å². The largest absolute Gasteiger partial charge is 0.471 e. The van der Waals surface area contributed by atoms with E-state index in [0.717, 1.165) is 0 Å². The van der Waals surface area contributed by atoms with Crippen LogP contribution in [-0.4, -0.2) is 71.3 Å². The van der Waals surface area contributed by atoms with E-state index in [1.165, 1.54) is 4.90 Å². The Hall–Kier alpha value is -2.39. The number of nitrogens with zero attached hydrogens (tertiary/aromatic N) is 2. The summed E-state index contributed by atoms with van der Waals surface area (Å²) in [7, 11) is 0. The summed E-state index contributed by atoms with van der Waals surface area (Å²) in [4.78, 5) is 38.4. The van der Waals surface area contributed by atoms with E-state index in [9.17, 15) is 37.9 Å². The number of halogens is 3. The number of aliphatic hydroxyl groups excluding tert-OH is 1. The van der Waals surface area contributed by atoms with Crippen LogP contribution in [0.3, 0.4) is 0 Å². The number of hydrogen-bond acceptors (Lipinski definition) is 6. The predicted octanol–water partition coefficient (Wildman–Crippen LogP) is 0.889. The van der Waals surface area contributed by atoms with Crippen molar-refractivity contribution < 1.29 is 32.7 Å². The van der Waals surface area contributed by atoms with Gasteiger partial charge in [-0.1, -0.05) is 34.6 Å². The summed E-state index contributed by atoms with van der Waals surface area (Å²) in [5.41, 5.74) is -1.24. The van der Waals surface area contributed by atoms with Gasteiger partial charge in [0.1, 0.15) is 12.3 Å². The number of amides is 3. The molecule has 0 aromatic heterocycles. The first-order chi connectivity index (χ1) is 16.0. The molecule has 4 N–H and O–H groups in total. The Morgan fingerprint density at radius 1 is 1.31 bits per heavy atom. The molecule has 12 heteroatoms. The number of carbonyl (C=O) groups excluding carboxylic acids is 3. The zero-order valence-electron chi connectivity index (χ0n) is 20.6. The van der Waals surface area contributed by atoms with Crippen molar-refractivity contribution in [3.05, 3.63) is 0 Å². The van der Waals surface area contributed by atoms with Gasteiger partial charge < -0.3 is 20.6 Å². The molecule has 3 rings (SSSR count). The molecular weight excluding hydrogens is 467 g/mol. The lowest BCUT2D eigenvalue weighted by Gasteiger charge is -2.40. The van der Waals surface area contributed by atoms with Gasteiger partial charge >= 0.3 is 12.1 Å². The molecule has 3 amide bonds. The van der Waals surface area contributed by atoms with E-state index >= 15 is 0 Å². The fourth-order valence-electron chi connectivity index (χ4n) is 5.59. The van der Waals surface area contributed by atoms with Crippen molar-refractivity contribution in [1.29, 1.82) is 5.26 Å². The third kappa shape index (κ3) is 5.40. The lowest BCUT2D eigenvalue weighted by Crippen LogP contribution is -2.62. The van der Waals surface area contributed by atoms with Gasteiger partial charge in [-0.2, -0.15) is 18.4 Å². The molecule has 0 spiro atoms. The molecule has 3 fully saturated rings. The summed E-state index contributed by atoms with van der Waals surface area (Å²) in [5.74, 6) is -3.56. The molecule has 2 saturated heterocycles. The molecule has 0 aromatic rings. The minimum Gasteiger partial charge on any atom is -0.376 e. The maximum Gasteiger partial charge on any atom is 0.471 e. The van der Waals surface area contributed by atoms with Gasteiger partial charge in [0.05, 0.1) is 18.2 Å². The van der Waals surface area contributed by atoms with Gasteiger partial charge in [-0.25, -0.2) is 0 Å². The summed E-state index contributed by atoms with van der Waals surface area (Å²) >= 11 is 0. The smallest absolute Gasteiger partial charge is 0.376 e. The van der Waals surface area contributed by atoms with E-state index < -0.39 is 47.8 Å². The second-order valence-electron chi connectivity index (χ2n) is 11.5. The number of hydrogen-bond donors (Lipinski definition) is 4. The SMILES string of the molecule is CC(C)(C)[C@H](NC(=O)C(F)(F)F)C(=O)N1C[C@H]2[C@@H]([C@H]1C(O)N[C@H](C#N)C[C@@H]1CCNC1=O)C2(C)C. The molecule has 1 saturated carbocycles. The van der Waals surface area contributed by atoms with E-state index in [1.807, 2.05) is 19.2 Å². The lowest BCUT2D eigenvalue weighted by atomic mass is 9.85. The van der Waals surface area contributed by atoms with Crippen molar-refractivity contribution in [3.8, 4) is 6.07 Å². The number of nitrogens with one attached hydrogen (secondary N) is 3. The van der Waals surface area contributed by atoms with Crippen molar-refractivity contribution in [2.24, 2.45) is 28.6 Å². The topological polar surface area (TPSA) is 135 Å². The third-order valence-electron chi connectivity index (χ3n) is 7.72. The van der Waals surface area contributed by atoms with Crippen LogP contribution in [0.2, 0.25) is 0 Å². The highest BCUT2D eigenvalue weighted by atomic mass is 19.4. The van der Waals surface area contributed by atoms with Gasteiger partial charge in [0.15, 0.2) is 0 Å². The maximum atomic E-state index is 13.5. The Bertz CT molecular complexity index is 910. The van der Waals surface area contributed by atoms with Crippen molar-refractivity contribution in [2.75, 3.05) is 13.1 Å². The Balaban J connectivity index is 1.80. The van der Waals surface area contributed by atoms with Crippen LogP contribution in [0.1, 0.15) is 47.5 Å². The van der Waals surface area contributed by atoms with Gasteiger partial charge in [-0.05, 0) is 35.5 Å². The normalized spacial score (nSPS) is 30.1. The molecule has 35 heavy (non-hydrogen) atoms. The predicted molar refractivity (Wildman–Crippen MR) is 118 cm³/mol. The summed E-state index contributed by atoms with van der Waals surface area (Å²) in [6.07, 6.45) is -5.73. The van der Waals surface area contributed by atoms with Gasteiger partial charge in [-0.3, -0.25) is 19.7 Å². The molecule has 3 aliphatic rings. The fourth-order valence-corrected chi connectivity index (χ4v) is 5.59. The molecule has 1 aliphatic carbocycles. The highest BCUT2D eigenvalue weighted by Gasteiger charge is 2.69. The van der Waals surface area contributed by atoms with Crippen LogP contribution in [0.25, 0.3) is 0 Å². The monoisotopic (exact) mass is 501 g/mol. The highest BCUT2D eigenvalue weighted by Crippen LogP contribution is 2.65. The number of likely N-dealkylation sites (tertiary alicyclic amines) is 1. The molecule has 2 heterocycles. The van der Waals surface area contributed by atoms with Crippen LogP contribution < -0.4 is 16.0 Å². The molecule has 0 radical (unpaired) electrons. The van der Waals surface area contributed by atoms with Crippen LogP contribution in [0, 0.1) is 39.9 Å². The second kappa shape index (κ2) is 9.24. The van der Waals surface area contributed by atoms with Crippen molar-refractivity contribution >= 4 is 17.7 Å². The average Bonchev–Trinajstić information content (AvgIpc) is 3.10. The zero-order valence-corrected chi connectivity index (χ0v) is 20.6. The summed E-state index contributed by atoms with van der Waals surface area (Å²) in [5, 5.41) is 28.1. The summed E-state index contributed by atoms with van der Waals surface area (Å²) < 4.78 is 38.8. The molecule has 7 atom stereocenters. The van der Waals surface area contributed by atoms with Gasteiger partial charge in [0.2, 0.25) is 11.8 Å². The zero-order chi connectivity index (χ0) is 26.5. The number of carbonyl (C=O) groups is 3. The van der Waals surface area contributed by atoms with Crippen molar-refractivity contribution in [1.82, 2.24) is 20.9 Å². The third-order valence-corrected chi connectivity index (χ3v) is 7.72. The average molecular weight is 502 g/mol. The first-order valence-corrected chi connectivity index (χ1v) is 11.8. The van der Waals surface area contributed by atoms with Gasteiger partial charge in [0, 0.05) is 19.0 Å². The van der Waals surface area contributed by atoms with E-state index in [-0.39, 0.29) is 42.0 Å². The maximum absolute atomic E-state index is 13.5. The minimum atomic E-state index is -5.15. The first-order valence-electron chi connectivity index (χ1n) is 11.8. The molecular formula is C23H34F3N5O4. The number of rotatable bonds is 7. The fraction of sp³-hybridized carbons (Fsp3) is 0.826. The highest BCUT2D eigenvalue weighted by molar-refractivity contribution is 5.91. The number of aliphatic hydroxyl groups is 1. The van der Waals surface area contributed by atoms with Crippen LogP contribution >= 0.6 is 0 Å².